The summed E-state index contributed by atoms with van der Waals surface area (Å²) in [4.78, 5) is 12.0. The van der Waals surface area contributed by atoms with Gasteiger partial charge < -0.3 is 20.1 Å². The molecule has 5 nitrogen and oxygen atoms in total. The predicted octanol–water partition coefficient (Wildman–Crippen LogP) is 4.31. The first-order valence-electron chi connectivity index (χ1n) is 7.91. The smallest absolute Gasteiger partial charge is 0.319 e. The van der Waals surface area contributed by atoms with Gasteiger partial charge in [-0.3, -0.25) is 0 Å². The lowest BCUT2D eigenvalue weighted by atomic mass is 10.0. The van der Waals surface area contributed by atoms with Crippen molar-refractivity contribution in [1.82, 2.24) is 5.32 Å². The number of carbonyl (C=O) groups excluding carboxylic acids is 1. The minimum absolute atomic E-state index is 0.129. The van der Waals surface area contributed by atoms with Crippen molar-refractivity contribution >= 4 is 23.3 Å². The van der Waals surface area contributed by atoms with E-state index in [9.17, 15) is 4.79 Å². The zero-order valence-electron chi connectivity index (χ0n) is 14.3. The van der Waals surface area contributed by atoms with E-state index in [1.807, 2.05) is 6.92 Å². The number of amides is 2. The molecule has 0 saturated carbocycles. The molecule has 6 heteroatoms. The summed E-state index contributed by atoms with van der Waals surface area (Å²) in [6, 6.07) is 5.06. The van der Waals surface area contributed by atoms with Crippen molar-refractivity contribution in [3.63, 3.8) is 0 Å². The van der Waals surface area contributed by atoms with Crippen LogP contribution in [0.5, 0.6) is 5.75 Å². The summed E-state index contributed by atoms with van der Waals surface area (Å²) in [6.45, 7) is 7.27. The van der Waals surface area contributed by atoms with Crippen molar-refractivity contribution in [2.24, 2.45) is 5.92 Å². The molecule has 2 amide bonds. The monoisotopic (exact) mass is 342 g/mol. The lowest BCUT2D eigenvalue weighted by Crippen LogP contribution is -2.36. The number of urea groups is 1. The van der Waals surface area contributed by atoms with Crippen LogP contribution in [0.4, 0.5) is 10.5 Å². The lowest BCUT2D eigenvalue weighted by molar-refractivity contribution is 0.146. The van der Waals surface area contributed by atoms with Crippen molar-refractivity contribution < 1.29 is 14.3 Å². The van der Waals surface area contributed by atoms with Gasteiger partial charge >= 0.3 is 6.03 Å². The molecular weight excluding hydrogens is 316 g/mol. The first-order chi connectivity index (χ1) is 10.9. The molecule has 0 aliphatic rings. The van der Waals surface area contributed by atoms with Crippen LogP contribution in [0.2, 0.25) is 5.02 Å². The summed E-state index contributed by atoms with van der Waals surface area (Å²) in [5, 5.41) is 6.15. The fourth-order valence-electron chi connectivity index (χ4n) is 1.98. The Bertz CT molecular complexity index is 495. The molecule has 1 aromatic carbocycles. The van der Waals surface area contributed by atoms with Gasteiger partial charge in [0.05, 0.1) is 11.6 Å². The summed E-state index contributed by atoms with van der Waals surface area (Å²) in [5.74, 6) is 1.20. The molecule has 1 unspecified atom stereocenters. The normalized spacial score (nSPS) is 12.1. The van der Waals surface area contributed by atoms with Gasteiger partial charge in [-0.1, -0.05) is 25.4 Å². The molecular formula is C17H27ClN2O3. The van der Waals surface area contributed by atoms with Gasteiger partial charge in [0.1, 0.15) is 12.4 Å². The lowest BCUT2D eigenvalue weighted by Gasteiger charge is -2.16. The van der Waals surface area contributed by atoms with Crippen LogP contribution in [0.25, 0.3) is 0 Å². The van der Waals surface area contributed by atoms with Crippen molar-refractivity contribution in [2.75, 3.05) is 25.6 Å². The average molecular weight is 343 g/mol. The van der Waals surface area contributed by atoms with Crippen LogP contribution in [0.3, 0.4) is 0 Å². The standard InChI is InChI=1S/C17H27ClN2O3/c1-12(2)5-6-13(3)19-17(21)20-14-7-8-16(15(18)11-14)23-10-9-22-4/h7-8,11-13H,5-6,9-10H2,1-4H3,(H2,19,20,21). The highest BCUT2D eigenvalue weighted by Gasteiger charge is 2.10. The van der Waals surface area contributed by atoms with Crippen molar-refractivity contribution in [2.45, 2.75) is 39.7 Å². The van der Waals surface area contributed by atoms with Gasteiger partial charge in [0.2, 0.25) is 0 Å². The Morgan fingerprint density at radius 3 is 2.57 bits per heavy atom. The Balaban J connectivity index is 2.47. The summed E-state index contributed by atoms with van der Waals surface area (Å²) in [5.41, 5.74) is 0.627. The Kier molecular flexibility index (Phi) is 8.81. The van der Waals surface area contributed by atoms with E-state index in [0.717, 1.165) is 12.8 Å². The number of anilines is 1. The molecule has 0 saturated heterocycles. The molecule has 0 radical (unpaired) electrons. The number of carbonyl (C=O) groups is 1. The van der Waals surface area contributed by atoms with E-state index in [4.69, 9.17) is 21.1 Å². The Morgan fingerprint density at radius 2 is 1.96 bits per heavy atom. The van der Waals surface area contributed by atoms with E-state index in [1.165, 1.54) is 0 Å². The average Bonchev–Trinajstić information content (AvgIpc) is 2.47. The van der Waals surface area contributed by atoms with Crippen LogP contribution in [0.15, 0.2) is 18.2 Å². The van der Waals surface area contributed by atoms with Crippen molar-refractivity contribution in [1.29, 1.82) is 0 Å². The summed E-state index contributed by atoms with van der Waals surface area (Å²) in [6.07, 6.45) is 2.04. The highest BCUT2D eigenvalue weighted by atomic mass is 35.5. The molecule has 130 valence electrons. The second-order valence-electron chi connectivity index (χ2n) is 5.96. The number of halogens is 1. The SMILES string of the molecule is COCCOc1ccc(NC(=O)NC(C)CCC(C)C)cc1Cl. The first-order valence-corrected chi connectivity index (χ1v) is 8.29. The van der Waals surface area contributed by atoms with Gasteiger partial charge in [0.25, 0.3) is 0 Å². The molecule has 0 spiro atoms. The van der Waals surface area contributed by atoms with E-state index in [1.54, 1.807) is 25.3 Å². The highest BCUT2D eigenvalue weighted by molar-refractivity contribution is 6.32. The number of rotatable bonds is 9. The Labute approximate surface area is 143 Å². The Morgan fingerprint density at radius 1 is 1.22 bits per heavy atom. The van der Waals surface area contributed by atoms with Gasteiger partial charge in [-0.2, -0.15) is 0 Å². The fraction of sp³-hybridized carbons (Fsp3) is 0.588. The molecule has 0 bridgehead atoms. The molecule has 2 N–H and O–H groups in total. The second kappa shape index (κ2) is 10.3. The maximum absolute atomic E-state index is 12.0. The summed E-state index contributed by atoms with van der Waals surface area (Å²) >= 11 is 6.14. The number of ether oxygens (including phenoxy) is 2. The zero-order valence-corrected chi connectivity index (χ0v) is 15.1. The van der Waals surface area contributed by atoms with Crippen LogP contribution >= 0.6 is 11.6 Å². The van der Waals surface area contributed by atoms with Gasteiger partial charge in [-0.25, -0.2) is 4.79 Å². The molecule has 0 aliphatic heterocycles. The van der Waals surface area contributed by atoms with Crippen LogP contribution in [0.1, 0.15) is 33.6 Å². The molecule has 0 heterocycles. The van der Waals surface area contributed by atoms with Crippen LogP contribution in [-0.2, 0) is 4.74 Å². The largest absolute Gasteiger partial charge is 0.490 e. The summed E-state index contributed by atoms with van der Waals surface area (Å²) in [7, 11) is 1.61. The number of nitrogens with one attached hydrogen (secondary N) is 2. The maximum atomic E-state index is 12.0. The van der Waals surface area contributed by atoms with E-state index in [2.05, 4.69) is 24.5 Å². The molecule has 0 fully saturated rings. The quantitative estimate of drug-likeness (QED) is 0.657. The third kappa shape index (κ3) is 8.09. The van der Waals surface area contributed by atoms with Gasteiger partial charge in [0, 0.05) is 18.8 Å². The van der Waals surface area contributed by atoms with E-state index in [0.29, 0.717) is 35.6 Å². The van der Waals surface area contributed by atoms with Crippen molar-refractivity contribution in [3.8, 4) is 5.75 Å². The molecule has 1 aromatic rings. The second-order valence-corrected chi connectivity index (χ2v) is 6.36. The zero-order chi connectivity index (χ0) is 17.2. The van der Waals surface area contributed by atoms with Gasteiger partial charge in [-0.15, -0.1) is 0 Å². The number of benzene rings is 1. The molecule has 0 aliphatic carbocycles. The molecule has 1 rings (SSSR count). The topological polar surface area (TPSA) is 59.6 Å². The first kappa shape index (κ1) is 19.6. The minimum Gasteiger partial charge on any atom is -0.490 e. The van der Waals surface area contributed by atoms with E-state index < -0.39 is 0 Å². The predicted molar refractivity (Wildman–Crippen MR) is 94.5 cm³/mol. The van der Waals surface area contributed by atoms with Crippen LogP contribution in [-0.4, -0.2) is 32.4 Å². The highest BCUT2D eigenvalue weighted by Crippen LogP contribution is 2.27. The third-order valence-corrected chi connectivity index (χ3v) is 3.58. The molecule has 0 aromatic heterocycles. The van der Waals surface area contributed by atoms with E-state index in [-0.39, 0.29) is 12.1 Å². The molecule has 23 heavy (non-hydrogen) atoms. The van der Waals surface area contributed by atoms with Gasteiger partial charge in [-0.05, 0) is 43.9 Å². The number of hydrogen-bond acceptors (Lipinski definition) is 3. The maximum Gasteiger partial charge on any atom is 0.319 e. The minimum atomic E-state index is -0.231. The fourth-order valence-corrected chi connectivity index (χ4v) is 2.21. The van der Waals surface area contributed by atoms with Crippen LogP contribution < -0.4 is 15.4 Å². The number of hydrogen-bond donors (Lipinski definition) is 2. The molecule has 1 atom stereocenters. The third-order valence-electron chi connectivity index (χ3n) is 3.29. The van der Waals surface area contributed by atoms with E-state index >= 15 is 0 Å². The Hall–Kier alpha value is -1.46. The van der Waals surface area contributed by atoms with Crippen LogP contribution in [0, 0.1) is 5.92 Å². The summed E-state index contributed by atoms with van der Waals surface area (Å²) < 4.78 is 10.4. The van der Waals surface area contributed by atoms with Gasteiger partial charge in [0.15, 0.2) is 0 Å². The van der Waals surface area contributed by atoms with Crippen molar-refractivity contribution in [3.05, 3.63) is 23.2 Å². The number of methoxy groups -OCH3 is 1.